The molecule has 2 aromatic carbocycles. The number of carbonyl (C=O) groups is 2. The topological polar surface area (TPSA) is 88.4 Å². The second kappa shape index (κ2) is 8.34. The molecule has 2 aromatic rings. The summed E-state index contributed by atoms with van der Waals surface area (Å²) in [6.07, 6.45) is 0.0706. The van der Waals surface area contributed by atoms with Crippen LogP contribution in [0.3, 0.4) is 0 Å². The van der Waals surface area contributed by atoms with E-state index in [0.29, 0.717) is 17.0 Å². The molecular formula is C18H16N2O4. The van der Waals surface area contributed by atoms with Gasteiger partial charge in [-0.05, 0) is 35.9 Å². The van der Waals surface area contributed by atoms with Crippen LogP contribution < -0.4 is 10.1 Å². The molecule has 0 heterocycles. The van der Waals surface area contributed by atoms with Gasteiger partial charge in [0.15, 0.2) is 6.61 Å². The summed E-state index contributed by atoms with van der Waals surface area (Å²) in [6, 6.07) is 15.5. The molecule has 0 saturated carbocycles. The Morgan fingerprint density at radius 3 is 2.58 bits per heavy atom. The predicted molar refractivity (Wildman–Crippen MR) is 87.4 cm³/mol. The van der Waals surface area contributed by atoms with Gasteiger partial charge >= 0.3 is 5.97 Å². The lowest BCUT2D eigenvalue weighted by atomic mass is 10.1. The summed E-state index contributed by atoms with van der Waals surface area (Å²) in [5, 5.41) is 11.4. The summed E-state index contributed by atoms with van der Waals surface area (Å²) in [4.78, 5) is 23.5. The van der Waals surface area contributed by atoms with Crippen molar-refractivity contribution in [1.29, 1.82) is 5.26 Å². The maximum absolute atomic E-state index is 11.8. The van der Waals surface area contributed by atoms with Crippen LogP contribution in [0.25, 0.3) is 0 Å². The molecule has 0 fully saturated rings. The molecule has 122 valence electrons. The number of benzene rings is 2. The number of amides is 1. The van der Waals surface area contributed by atoms with Gasteiger partial charge in [0.25, 0.3) is 5.91 Å². The van der Waals surface area contributed by atoms with E-state index in [1.54, 1.807) is 49.6 Å². The number of hydrogen-bond acceptors (Lipinski definition) is 5. The van der Waals surface area contributed by atoms with Gasteiger partial charge < -0.3 is 14.8 Å². The molecule has 6 nitrogen and oxygen atoms in total. The van der Waals surface area contributed by atoms with Crippen LogP contribution in [-0.2, 0) is 20.7 Å². The molecule has 1 amide bonds. The van der Waals surface area contributed by atoms with Gasteiger partial charge in [-0.2, -0.15) is 5.26 Å². The third-order valence-corrected chi connectivity index (χ3v) is 3.15. The Balaban J connectivity index is 1.80. The Morgan fingerprint density at radius 2 is 1.92 bits per heavy atom. The van der Waals surface area contributed by atoms with E-state index in [1.165, 1.54) is 6.07 Å². The first-order valence-corrected chi connectivity index (χ1v) is 7.19. The molecule has 2 rings (SSSR count). The maximum Gasteiger partial charge on any atom is 0.310 e. The summed E-state index contributed by atoms with van der Waals surface area (Å²) in [5.74, 6) is -0.264. The first kappa shape index (κ1) is 17.0. The molecule has 0 saturated heterocycles. The number of anilines is 1. The fraction of sp³-hybridized carbons (Fsp3) is 0.167. The quantitative estimate of drug-likeness (QED) is 0.824. The van der Waals surface area contributed by atoms with Crippen LogP contribution >= 0.6 is 0 Å². The lowest BCUT2D eigenvalue weighted by molar-refractivity contribution is -0.146. The lowest BCUT2D eigenvalue weighted by Gasteiger charge is -2.07. The monoisotopic (exact) mass is 324 g/mol. The van der Waals surface area contributed by atoms with Gasteiger partial charge in [-0.3, -0.25) is 9.59 Å². The van der Waals surface area contributed by atoms with E-state index in [-0.39, 0.29) is 13.0 Å². The first-order chi connectivity index (χ1) is 11.6. The number of esters is 1. The fourth-order valence-corrected chi connectivity index (χ4v) is 1.97. The summed E-state index contributed by atoms with van der Waals surface area (Å²) in [5.41, 5.74) is 1.68. The van der Waals surface area contributed by atoms with E-state index in [9.17, 15) is 9.59 Å². The van der Waals surface area contributed by atoms with Crippen LogP contribution in [0.5, 0.6) is 5.75 Å². The third-order valence-electron chi connectivity index (χ3n) is 3.15. The zero-order valence-electron chi connectivity index (χ0n) is 13.1. The van der Waals surface area contributed by atoms with Crippen LogP contribution in [0, 0.1) is 11.3 Å². The van der Waals surface area contributed by atoms with Gasteiger partial charge in [-0.1, -0.05) is 18.2 Å². The van der Waals surface area contributed by atoms with E-state index in [0.717, 1.165) is 5.56 Å². The van der Waals surface area contributed by atoms with Crippen molar-refractivity contribution in [3.05, 3.63) is 59.7 Å². The van der Waals surface area contributed by atoms with E-state index < -0.39 is 11.9 Å². The van der Waals surface area contributed by atoms with E-state index in [4.69, 9.17) is 14.7 Å². The van der Waals surface area contributed by atoms with Crippen molar-refractivity contribution in [3.8, 4) is 11.8 Å². The van der Waals surface area contributed by atoms with Crippen molar-refractivity contribution in [3.63, 3.8) is 0 Å². The van der Waals surface area contributed by atoms with Gasteiger partial charge in [0, 0.05) is 5.69 Å². The number of nitrogens with one attached hydrogen (secondary N) is 1. The summed E-state index contributed by atoms with van der Waals surface area (Å²) in [6.45, 7) is -0.383. The van der Waals surface area contributed by atoms with Gasteiger partial charge in [0.2, 0.25) is 0 Å². The molecule has 0 aromatic heterocycles. The van der Waals surface area contributed by atoms with Crippen LogP contribution in [0.2, 0.25) is 0 Å². The second-order valence-corrected chi connectivity index (χ2v) is 4.93. The largest absolute Gasteiger partial charge is 0.497 e. The minimum Gasteiger partial charge on any atom is -0.497 e. The van der Waals surface area contributed by atoms with Crippen LogP contribution in [-0.4, -0.2) is 25.6 Å². The molecule has 6 heteroatoms. The Kier molecular flexibility index (Phi) is 5.92. The van der Waals surface area contributed by atoms with Crippen molar-refractivity contribution in [2.24, 2.45) is 0 Å². The average Bonchev–Trinajstić information content (AvgIpc) is 2.61. The van der Waals surface area contributed by atoms with Crippen molar-refractivity contribution in [1.82, 2.24) is 0 Å². The highest BCUT2D eigenvalue weighted by Crippen LogP contribution is 2.12. The normalized spacial score (nSPS) is 9.67. The lowest BCUT2D eigenvalue weighted by Crippen LogP contribution is -2.21. The van der Waals surface area contributed by atoms with Gasteiger partial charge in [0.05, 0.1) is 25.2 Å². The molecule has 0 spiro atoms. The van der Waals surface area contributed by atoms with Crippen molar-refractivity contribution in [2.45, 2.75) is 6.42 Å². The van der Waals surface area contributed by atoms with Gasteiger partial charge in [-0.25, -0.2) is 0 Å². The molecule has 0 radical (unpaired) electrons. The number of rotatable bonds is 6. The number of methoxy groups -OCH3 is 1. The molecule has 1 N–H and O–H groups in total. The second-order valence-electron chi connectivity index (χ2n) is 4.93. The SMILES string of the molecule is COc1ccc(CC(=O)OCC(=O)Nc2cccc(C#N)c2)cc1. The van der Waals surface area contributed by atoms with Crippen LogP contribution in [0.1, 0.15) is 11.1 Å². The molecule has 0 aliphatic carbocycles. The minimum absolute atomic E-state index is 0.0706. The van der Waals surface area contributed by atoms with Crippen LogP contribution in [0.15, 0.2) is 48.5 Å². The molecule has 0 unspecified atom stereocenters. The average molecular weight is 324 g/mol. The third kappa shape index (κ3) is 5.14. The maximum atomic E-state index is 11.8. The first-order valence-electron chi connectivity index (χ1n) is 7.19. The van der Waals surface area contributed by atoms with E-state index in [2.05, 4.69) is 5.32 Å². The number of nitrogens with zero attached hydrogens (tertiary/aromatic N) is 1. The number of nitriles is 1. The Hall–Kier alpha value is -3.33. The molecule has 0 atom stereocenters. The minimum atomic E-state index is -0.499. The highest BCUT2D eigenvalue weighted by Gasteiger charge is 2.09. The molecule has 0 aliphatic rings. The van der Waals surface area contributed by atoms with Gasteiger partial charge in [-0.15, -0.1) is 0 Å². The highest BCUT2D eigenvalue weighted by molar-refractivity contribution is 5.93. The smallest absolute Gasteiger partial charge is 0.310 e. The molecular weight excluding hydrogens is 308 g/mol. The van der Waals surface area contributed by atoms with Crippen LogP contribution in [0.4, 0.5) is 5.69 Å². The number of ether oxygens (including phenoxy) is 2. The molecule has 24 heavy (non-hydrogen) atoms. The summed E-state index contributed by atoms with van der Waals surface area (Å²) in [7, 11) is 1.56. The van der Waals surface area contributed by atoms with Crippen molar-refractivity contribution < 1.29 is 19.1 Å². The number of carbonyl (C=O) groups excluding carboxylic acids is 2. The standard InChI is InChI=1S/C18H16N2O4/c1-23-16-7-5-13(6-8-16)10-18(22)24-12-17(21)20-15-4-2-3-14(9-15)11-19/h2-9H,10,12H2,1H3,(H,20,21). The van der Waals surface area contributed by atoms with Crippen molar-refractivity contribution in [2.75, 3.05) is 19.0 Å². The van der Waals surface area contributed by atoms with Crippen molar-refractivity contribution >= 4 is 17.6 Å². The Labute approximate surface area is 139 Å². The fourth-order valence-electron chi connectivity index (χ4n) is 1.97. The zero-order chi connectivity index (χ0) is 17.4. The van der Waals surface area contributed by atoms with E-state index in [1.807, 2.05) is 6.07 Å². The van der Waals surface area contributed by atoms with Gasteiger partial charge in [0.1, 0.15) is 5.75 Å². The molecule has 0 aliphatic heterocycles. The predicted octanol–water partition coefficient (Wildman–Crippen LogP) is 2.29. The summed E-state index contributed by atoms with van der Waals surface area (Å²) < 4.78 is 9.98. The van der Waals surface area contributed by atoms with E-state index >= 15 is 0 Å². The summed E-state index contributed by atoms with van der Waals surface area (Å²) >= 11 is 0. The Bertz CT molecular complexity index is 763. The molecule has 0 bridgehead atoms. The zero-order valence-corrected chi connectivity index (χ0v) is 13.1. The highest BCUT2D eigenvalue weighted by atomic mass is 16.5. The Morgan fingerprint density at radius 1 is 1.17 bits per heavy atom. The number of hydrogen-bond donors (Lipinski definition) is 1.